The third-order valence-corrected chi connectivity index (χ3v) is 6.94. The quantitative estimate of drug-likeness (QED) is 0.455. The van der Waals surface area contributed by atoms with Crippen molar-refractivity contribution in [2.24, 2.45) is 0 Å². The molecule has 0 unspecified atom stereocenters. The molecule has 0 spiro atoms. The summed E-state index contributed by atoms with van der Waals surface area (Å²) < 4.78 is 0. The Hall–Kier alpha value is -3.47. The van der Waals surface area contributed by atoms with Gasteiger partial charge < -0.3 is 10.2 Å². The van der Waals surface area contributed by atoms with E-state index in [1.54, 1.807) is 12.3 Å². The molecule has 0 saturated carbocycles. The number of carbonyl (C=O) groups excluding carboxylic acids is 1. The molecule has 1 N–H and O–H groups in total. The third-order valence-electron chi connectivity index (χ3n) is 6.94. The Labute approximate surface area is 206 Å². The lowest BCUT2D eigenvalue weighted by atomic mass is 9.68. The molecular formula is C27H32B3N3O. The highest BCUT2D eigenvalue weighted by atomic mass is 16.1. The number of rotatable bonds is 6. The van der Waals surface area contributed by atoms with Gasteiger partial charge in [-0.15, -0.1) is 0 Å². The molecule has 0 fully saturated rings. The minimum Gasteiger partial charge on any atom is -0.349 e. The SMILES string of the molecule is Bc1c(B)c(/C=C/C(=O)Nc2cc3cc(/C(=C/C)N(C)C(=C)C)ccc3cn2)c(B)c(C)c1C. The van der Waals surface area contributed by atoms with E-state index in [0.717, 1.165) is 33.3 Å². The van der Waals surface area contributed by atoms with Gasteiger partial charge in [0.1, 0.15) is 29.4 Å². The van der Waals surface area contributed by atoms with E-state index in [0.29, 0.717) is 5.82 Å². The molecule has 2 aromatic carbocycles. The van der Waals surface area contributed by atoms with Gasteiger partial charge in [-0.3, -0.25) is 4.79 Å². The number of aromatic nitrogens is 1. The number of benzene rings is 2. The van der Waals surface area contributed by atoms with Crippen LogP contribution < -0.4 is 21.7 Å². The molecule has 3 aromatic rings. The van der Waals surface area contributed by atoms with Crippen LogP contribution in [0, 0.1) is 13.8 Å². The maximum atomic E-state index is 12.7. The Kier molecular flexibility index (Phi) is 7.56. The molecule has 0 saturated heterocycles. The lowest BCUT2D eigenvalue weighted by molar-refractivity contribution is -0.111. The van der Waals surface area contributed by atoms with E-state index in [9.17, 15) is 4.79 Å². The Bertz CT molecular complexity index is 1330. The van der Waals surface area contributed by atoms with Crippen molar-refractivity contribution in [3.05, 3.63) is 77.1 Å². The van der Waals surface area contributed by atoms with Crippen molar-refractivity contribution in [2.45, 2.75) is 27.7 Å². The Morgan fingerprint density at radius 1 is 1.06 bits per heavy atom. The molecule has 7 heteroatoms. The first-order chi connectivity index (χ1) is 16.0. The zero-order valence-corrected chi connectivity index (χ0v) is 21.6. The second kappa shape index (κ2) is 10.2. The van der Waals surface area contributed by atoms with Crippen LogP contribution in [-0.4, -0.2) is 46.4 Å². The van der Waals surface area contributed by atoms with Crippen LogP contribution in [0.25, 0.3) is 22.5 Å². The standard InChI is InChI=1S/C27H32B3N3O/c1-7-22(33(6)15(2)3)18-8-9-19-14-31-23(13-20(19)12-18)32-24(34)11-10-21-25(28)16(4)17(5)26(29)27(21)30/h7-14H,2,28-30H2,1,3-6H3,(H,31,32,34)/b11-10+,22-7-. The number of allylic oxidation sites excluding steroid dienone is 2. The van der Waals surface area contributed by atoms with E-state index in [1.807, 2.05) is 39.1 Å². The lowest BCUT2D eigenvalue weighted by Gasteiger charge is -2.23. The maximum absolute atomic E-state index is 12.7. The Balaban J connectivity index is 1.87. The Morgan fingerprint density at radius 2 is 1.74 bits per heavy atom. The first kappa shape index (κ1) is 25.2. The average molecular weight is 447 g/mol. The molecule has 34 heavy (non-hydrogen) atoms. The van der Waals surface area contributed by atoms with Crippen LogP contribution in [0.3, 0.4) is 0 Å². The van der Waals surface area contributed by atoms with Crippen molar-refractivity contribution in [1.29, 1.82) is 0 Å². The van der Waals surface area contributed by atoms with Crippen molar-refractivity contribution >= 4 is 74.2 Å². The molecule has 0 bridgehead atoms. The number of nitrogens with one attached hydrogen (secondary N) is 1. The molecule has 170 valence electrons. The molecule has 0 atom stereocenters. The van der Waals surface area contributed by atoms with Gasteiger partial charge in [-0.25, -0.2) is 4.98 Å². The van der Waals surface area contributed by atoms with E-state index in [2.05, 4.69) is 77.4 Å². The average Bonchev–Trinajstić information content (AvgIpc) is 2.81. The van der Waals surface area contributed by atoms with Crippen LogP contribution >= 0.6 is 0 Å². The monoisotopic (exact) mass is 447 g/mol. The number of amides is 1. The van der Waals surface area contributed by atoms with Gasteiger partial charge >= 0.3 is 0 Å². The van der Waals surface area contributed by atoms with E-state index in [1.165, 1.54) is 27.5 Å². The summed E-state index contributed by atoms with van der Waals surface area (Å²) in [4.78, 5) is 19.2. The molecule has 1 aromatic heterocycles. The van der Waals surface area contributed by atoms with Crippen molar-refractivity contribution in [3.8, 4) is 0 Å². The summed E-state index contributed by atoms with van der Waals surface area (Å²) in [6.45, 7) is 12.3. The topological polar surface area (TPSA) is 45.2 Å². The number of fused-ring (bicyclic) bond motifs is 1. The normalized spacial score (nSPS) is 11.7. The van der Waals surface area contributed by atoms with Gasteiger partial charge in [0.05, 0.1) is 0 Å². The fraction of sp³-hybridized carbons (Fsp3) is 0.185. The van der Waals surface area contributed by atoms with Gasteiger partial charge in [-0.05, 0) is 56.3 Å². The number of anilines is 1. The second-order valence-electron chi connectivity index (χ2n) is 8.96. The molecule has 4 nitrogen and oxygen atoms in total. The van der Waals surface area contributed by atoms with Crippen molar-refractivity contribution in [3.63, 3.8) is 0 Å². The molecule has 0 radical (unpaired) electrons. The molecule has 1 amide bonds. The predicted molar refractivity (Wildman–Crippen MR) is 156 cm³/mol. The summed E-state index contributed by atoms with van der Waals surface area (Å²) in [6, 6.07) is 8.15. The second-order valence-corrected chi connectivity index (χ2v) is 8.96. The Morgan fingerprint density at radius 3 is 2.38 bits per heavy atom. The van der Waals surface area contributed by atoms with Crippen molar-refractivity contribution in [1.82, 2.24) is 9.88 Å². The van der Waals surface area contributed by atoms with Crippen molar-refractivity contribution < 1.29 is 4.79 Å². The predicted octanol–water partition coefficient (Wildman–Crippen LogP) is 1.10. The molecule has 0 aliphatic rings. The van der Waals surface area contributed by atoms with Gasteiger partial charge in [0.2, 0.25) is 5.91 Å². The van der Waals surface area contributed by atoms with Crippen LogP contribution in [0.2, 0.25) is 0 Å². The van der Waals surface area contributed by atoms with Gasteiger partial charge in [0, 0.05) is 36.1 Å². The summed E-state index contributed by atoms with van der Waals surface area (Å²) in [5.74, 6) is 0.327. The molecule has 0 aliphatic carbocycles. The summed E-state index contributed by atoms with van der Waals surface area (Å²) in [7, 11) is 8.36. The molecule has 1 heterocycles. The lowest BCUT2D eigenvalue weighted by Crippen LogP contribution is -2.38. The number of hydrogen-bond acceptors (Lipinski definition) is 3. The first-order valence-electron chi connectivity index (χ1n) is 11.6. The van der Waals surface area contributed by atoms with E-state index in [4.69, 9.17) is 0 Å². The number of nitrogens with zero attached hydrogens (tertiary/aromatic N) is 2. The van der Waals surface area contributed by atoms with E-state index in [-0.39, 0.29) is 5.91 Å². The highest BCUT2D eigenvalue weighted by Gasteiger charge is 2.11. The third kappa shape index (κ3) is 5.04. The molecular weight excluding hydrogens is 415 g/mol. The minimum atomic E-state index is -0.200. The van der Waals surface area contributed by atoms with Gasteiger partial charge in [0.25, 0.3) is 0 Å². The summed E-state index contributed by atoms with van der Waals surface area (Å²) in [6.07, 6.45) is 7.36. The van der Waals surface area contributed by atoms with Crippen LogP contribution in [0.1, 0.15) is 36.1 Å². The fourth-order valence-electron chi connectivity index (χ4n) is 4.23. The first-order valence-corrected chi connectivity index (χ1v) is 11.6. The van der Waals surface area contributed by atoms with E-state index < -0.39 is 0 Å². The van der Waals surface area contributed by atoms with Crippen LogP contribution in [0.4, 0.5) is 5.82 Å². The van der Waals surface area contributed by atoms with Gasteiger partial charge in [0.15, 0.2) is 0 Å². The molecule has 3 rings (SSSR count). The number of hydrogen-bond donors (Lipinski definition) is 1. The number of carbonyl (C=O) groups is 1. The zero-order valence-electron chi connectivity index (χ0n) is 21.6. The highest BCUT2D eigenvalue weighted by molar-refractivity contribution is 6.53. The molecule has 0 aliphatic heterocycles. The smallest absolute Gasteiger partial charge is 0.249 e. The van der Waals surface area contributed by atoms with Crippen molar-refractivity contribution in [2.75, 3.05) is 12.4 Å². The summed E-state index contributed by atoms with van der Waals surface area (Å²) >= 11 is 0. The summed E-state index contributed by atoms with van der Waals surface area (Å²) in [5, 5.41) is 4.94. The zero-order chi connectivity index (χ0) is 25.2. The van der Waals surface area contributed by atoms with Crippen LogP contribution in [-0.2, 0) is 4.79 Å². The van der Waals surface area contributed by atoms with Crippen LogP contribution in [0.5, 0.6) is 0 Å². The maximum Gasteiger partial charge on any atom is 0.249 e. The van der Waals surface area contributed by atoms with E-state index >= 15 is 0 Å². The highest BCUT2D eigenvalue weighted by Crippen LogP contribution is 2.26. The van der Waals surface area contributed by atoms with Gasteiger partial charge in [-0.1, -0.05) is 58.4 Å². The number of pyridine rings is 1. The van der Waals surface area contributed by atoms with Crippen LogP contribution in [0.15, 0.2) is 54.9 Å². The fourth-order valence-corrected chi connectivity index (χ4v) is 4.23. The largest absolute Gasteiger partial charge is 0.349 e. The summed E-state index contributed by atoms with van der Waals surface area (Å²) in [5.41, 5.74) is 10.5. The minimum absolute atomic E-state index is 0.200. The van der Waals surface area contributed by atoms with Gasteiger partial charge in [-0.2, -0.15) is 0 Å².